The third kappa shape index (κ3) is 3.66. The van der Waals surface area contributed by atoms with Crippen molar-refractivity contribution >= 4 is 23.1 Å². The van der Waals surface area contributed by atoms with Gasteiger partial charge in [-0.15, -0.1) is 11.3 Å². The van der Waals surface area contributed by atoms with Crippen molar-refractivity contribution in [2.75, 3.05) is 5.32 Å². The van der Waals surface area contributed by atoms with E-state index >= 15 is 0 Å². The lowest BCUT2D eigenvalue weighted by Crippen LogP contribution is -2.15. The molecule has 0 saturated heterocycles. The van der Waals surface area contributed by atoms with Crippen molar-refractivity contribution < 1.29 is 4.79 Å². The van der Waals surface area contributed by atoms with Gasteiger partial charge in [-0.2, -0.15) is 9.78 Å². The minimum atomic E-state index is -0.170. The zero-order valence-corrected chi connectivity index (χ0v) is 15.8. The number of benzene rings is 2. The molecule has 0 atom stereocenters. The highest BCUT2D eigenvalue weighted by Gasteiger charge is 2.15. The van der Waals surface area contributed by atoms with Crippen LogP contribution in [0, 0.1) is 13.8 Å². The topological polar surface area (TPSA) is 59.8 Å². The molecular formula is C21H18N4OS. The van der Waals surface area contributed by atoms with Crippen LogP contribution in [0.25, 0.3) is 16.4 Å². The first-order chi connectivity index (χ1) is 13.1. The third-order valence-electron chi connectivity index (χ3n) is 4.13. The normalized spacial score (nSPS) is 10.7. The van der Waals surface area contributed by atoms with Gasteiger partial charge in [-0.3, -0.25) is 4.79 Å². The highest BCUT2D eigenvalue weighted by Crippen LogP contribution is 2.26. The molecule has 2 aromatic heterocycles. The standard InChI is InChI=1S/C21H18N4OS/c1-14-8-10-17(11-9-14)20(26)23-19-12-15(2)24-25(19)21-22-18(13-27-21)16-6-4-3-5-7-16/h3-13H,1-2H3,(H,23,26). The first-order valence-electron chi connectivity index (χ1n) is 8.56. The lowest BCUT2D eigenvalue weighted by molar-refractivity contribution is 0.102. The van der Waals surface area contributed by atoms with Crippen LogP contribution >= 0.6 is 11.3 Å². The van der Waals surface area contributed by atoms with E-state index in [0.717, 1.165) is 22.5 Å². The molecule has 0 aliphatic rings. The number of thiazole rings is 1. The predicted octanol–water partition coefficient (Wildman–Crippen LogP) is 4.86. The number of anilines is 1. The Hall–Kier alpha value is -3.25. The van der Waals surface area contributed by atoms with Crippen LogP contribution in [-0.2, 0) is 0 Å². The number of rotatable bonds is 4. The molecule has 4 aromatic rings. The second-order valence-corrected chi connectivity index (χ2v) is 7.12. The zero-order chi connectivity index (χ0) is 18.8. The minimum absolute atomic E-state index is 0.170. The fourth-order valence-electron chi connectivity index (χ4n) is 2.73. The number of nitrogens with one attached hydrogen (secondary N) is 1. The van der Waals surface area contributed by atoms with E-state index in [4.69, 9.17) is 0 Å². The molecule has 0 unspecified atom stereocenters. The summed E-state index contributed by atoms with van der Waals surface area (Å²) >= 11 is 1.49. The fraction of sp³-hybridized carbons (Fsp3) is 0.0952. The molecular weight excluding hydrogens is 356 g/mol. The van der Waals surface area contributed by atoms with Gasteiger partial charge in [-0.05, 0) is 26.0 Å². The lowest BCUT2D eigenvalue weighted by Gasteiger charge is -2.07. The number of hydrogen-bond acceptors (Lipinski definition) is 4. The van der Waals surface area contributed by atoms with Crippen molar-refractivity contribution in [3.63, 3.8) is 0 Å². The van der Waals surface area contributed by atoms with Crippen molar-refractivity contribution in [3.05, 3.63) is 82.9 Å². The number of amides is 1. The summed E-state index contributed by atoms with van der Waals surface area (Å²) in [7, 11) is 0. The van der Waals surface area contributed by atoms with Gasteiger partial charge in [0, 0.05) is 22.6 Å². The van der Waals surface area contributed by atoms with Crippen LogP contribution < -0.4 is 5.32 Å². The number of nitrogens with zero attached hydrogens (tertiary/aromatic N) is 3. The van der Waals surface area contributed by atoms with Crippen molar-refractivity contribution in [1.82, 2.24) is 14.8 Å². The van der Waals surface area contributed by atoms with Gasteiger partial charge in [0.1, 0.15) is 5.82 Å². The predicted molar refractivity (Wildman–Crippen MR) is 109 cm³/mol. The van der Waals surface area contributed by atoms with Gasteiger partial charge in [0.15, 0.2) is 0 Å². The smallest absolute Gasteiger partial charge is 0.256 e. The molecule has 0 spiro atoms. The third-order valence-corrected chi connectivity index (χ3v) is 4.95. The van der Waals surface area contributed by atoms with Crippen LogP contribution in [0.4, 0.5) is 5.82 Å². The van der Waals surface area contributed by atoms with Gasteiger partial charge < -0.3 is 5.32 Å². The Morgan fingerprint density at radius 1 is 1.04 bits per heavy atom. The van der Waals surface area contributed by atoms with Crippen molar-refractivity contribution in [2.24, 2.45) is 0 Å². The Morgan fingerprint density at radius 2 is 1.78 bits per heavy atom. The van der Waals surface area contributed by atoms with E-state index in [1.165, 1.54) is 11.3 Å². The van der Waals surface area contributed by atoms with E-state index in [2.05, 4.69) is 15.4 Å². The average Bonchev–Trinajstić information content (AvgIpc) is 3.29. The number of aryl methyl sites for hydroxylation is 2. The first-order valence-corrected chi connectivity index (χ1v) is 9.44. The van der Waals surface area contributed by atoms with E-state index < -0.39 is 0 Å². The fourth-order valence-corrected chi connectivity index (χ4v) is 3.53. The van der Waals surface area contributed by atoms with Gasteiger partial charge in [-0.25, -0.2) is 4.98 Å². The summed E-state index contributed by atoms with van der Waals surface area (Å²) < 4.78 is 1.68. The summed E-state index contributed by atoms with van der Waals surface area (Å²) in [6.45, 7) is 3.89. The van der Waals surface area contributed by atoms with Gasteiger partial charge in [0.2, 0.25) is 5.13 Å². The van der Waals surface area contributed by atoms with Gasteiger partial charge >= 0.3 is 0 Å². The van der Waals surface area contributed by atoms with Crippen LogP contribution in [0.5, 0.6) is 0 Å². The quantitative estimate of drug-likeness (QED) is 0.555. The van der Waals surface area contributed by atoms with E-state index in [9.17, 15) is 4.79 Å². The van der Waals surface area contributed by atoms with Crippen LogP contribution in [0.15, 0.2) is 66.0 Å². The minimum Gasteiger partial charge on any atom is -0.306 e. The van der Waals surface area contributed by atoms with Crippen molar-refractivity contribution in [2.45, 2.75) is 13.8 Å². The van der Waals surface area contributed by atoms with Crippen molar-refractivity contribution in [1.29, 1.82) is 0 Å². The van der Waals surface area contributed by atoms with E-state index in [0.29, 0.717) is 16.5 Å². The van der Waals surface area contributed by atoms with E-state index in [1.54, 1.807) is 4.68 Å². The molecule has 2 heterocycles. The van der Waals surface area contributed by atoms with Gasteiger partial charge in [-0.1, -0.05) is 48.0 Å². The number of aromatic nitrogens is 3. The Labute approximate surface area is 161 Å². The summed E-state index contributed by atoms with van der Waals surface area (Å²) in [4.78, 5) is 17.3. The molecule has 2 aromatic carbocycles. The summed E-state index contributed by atoms with van der Waals surface area (Å²) in [5, 5.41) is 10.1. The Morgan fingerprint density at radius 3 is 2.52 bits per heavy atom. The van der Waals surface area contributed by atoms with Gasteiger partial charge in [0.05, 0.1) is 11.4 Å². The van der Waals surface area contributed by atoms with Crippen LogP contribution in [0.3, 0.4) is 0 Å². The number of carbonyl (C=O) groups is 1. The monoisotopic (exact) mass is 374 g/mol. The number of hydrogen-bond donors (Lipinski definition) is 1. The Bertz CT molecular complexity index is 1080. The second-order valence-electron chi connectivity index (χ2n) is 6.28. The van der Waals surface area contributed by atoms with Gasteiger partial charge in [0.25, 0.3) is 5.91 Å². The molecule has 27 heavy (non-hydrogen) atoms. The maximum absolute atomic E-state index is 12.6. The van der Waals surface area contributed by atoms with E-state index in [-0.39, 0.29) is 5.91 Å². The SMILES string of the molecule is Cc1ccc(C(=O)Nc2cc(C)nn2-c2nc(-c3ccccc3)cs2)cc1. The maximum Gasteiger partial charge on any atom is 0.256 e. The molecule has 6 heteroatoms. The summed E-state index contributed by atoms with van der Waals surface area (Å²) in [5.74, 6) is 0.433. The molecule has 0 aliphatic carbocycles. The maximum atomic E-state index is 12.6. The van der Waals surface area contributed by atoms with Crippen LogP contribution in [0.2, 0.25) is 0 Å². The largest absolute Gasteiger partial charge is 0.306 e. The molecule has 0 radical (unpaired) electrons. The Balaban J connectivity index is 1.63. The molecule has 1 N–H and O–H groups in total. The van der Waals surface area contributed by atoms with Crippen LogP contribution in [0.1, 0.15) is 21.6 Å². The summed E-state index contributed by atoms with van der Waals surface area (Å²) in [5.41, 5.74) is 4.47. The van der Waals surface area contributed by atoms with Crippen LogP contribution in [-0.4, -0.2) is 20.7 Å². The molecule has 1 amide bonds. The summed E-state index contributed by atoms with van der Waals surface area (Å²) in [6.07, 6.45) is 0. The first kappa shape index (κ1) is 17.2. The number of carbonyl (C=O) groups excluding carboxylic acids is 1. The lowest BCUT2D eigenvalue weighted by atomic mass is 10.1. The molecule has 0 fully saturated rings. The highest BCUT2D eigenvalue weighted by atomic mass is 32.1. The average molecular weight is 374 g/mol. The molecule has 134 valence electrons. The highest BCUT2D eigenvalue weighted by molar-refractivity contribution is 7.12. The summed E-state index contributed by atoms with van der Waals surface area (Å²) in [6, 6.07) is 19.3. The Kier molecular flexibility index (Phi) is 4.56. The zero-order valence-electron chi connectivity index (χ0n) is 15.0. The molecule has 4 rings (SSSR count). The molecule has 0 saturated carbocycles. The van der Waals surface area contributed by atoms with E-state index in [1.807, 2.05) is 79.9 Å². The van der Waals surface area contributed by atoms with Crippen molar-refractivity contribution in [3.8, 4) is 16.4 Å². The molecule has 5 nitrogen and oxygen atoms in total. The second kappa shape index (κ2) is 7.17. The molecule has 0 aliphatic heterocycles. The molecule has 0 bridgehead atoms.